The summed E-state index contributed by atoms with van der Waals surface area (Å²) in [6.07, 6.45) is 0. The van der Waals surface area contributed by atoms with Gasteiger partial charge in [-0.1, -0.05) is 158 Å². The molecule has 2 aromatic heterocycles. The van der Waals surface area contributed by atoms with Gasteiger partial charge in [-0.3, -0.25) is 0 Å². The molecule has 0 N–H and O–H groups in total. The highest BCUT2D eigenvalue weighted by molar-refractivity contribution is 7.26. The van der Waals surface area contributed by atoms with Crippen molar-refractivity contribution in [2.24, 2.45) is 0 Å². The van der Waals surface area contributed by atoms with Crippen molar-refractivity contribution in [1.82, 2.24) is 0 Å². The lowest BCUT2D eigenvalue weighted by Crippen LogP contribution is -2.10. The van der Waals surface area contributed by atoms with E-state index in [0.717, 1.165) is 34.1 Å². The topological polar surface area (TPSA) is 6.48 Å². The van der Waals surface area contributed by atoms with Gasteiger partial charge in [0, 0.05) is 74.5 Å². The fourth-order valence-corrected chi connectivity index (χ4v) is 11.7. The number of fused-ring (bicyclic) bond motifs is 6. The first-order valence-corrected chi connectivity index (χ1v) is 23.3. The van der Waals surface area contributed by atoms with E-state index >= 15 is 0 Å². The lowest BCUT2D eigenvalue weighted by atomic mass is 10.0. The zero-order valence-electron chi connectivity index (χ0n) is 34.8. The van der Waals surface area contributed by atoms with E-state index < -0.39 is 0 Å². The Hall–Kier alpha value is -7.76. The Bertz CT molecular complexity index is 3330. The molecule has 2 heterocycles. The van der Waals surface area contributed by atoms with Crippen molar-refractivity contribution in [3.05, 3.63) is 243 Å². The van der Waals surface area contributed by atoms with Gasteiger partial charge in [0.2, 0.25) is 0 Å². The van der Waals surface area contributed by atoms with Crippen molar-refractivity contribution >= 4 is 97.1 Å². The van der Waals surface area contributed by atoms with Crippen LogP contribution >= 0.6 is 22.7 Å². The Morgan fingerprint density at radius 3 is 0.891 bits per heavy atom. The number of thiophene rings is 2. The van der Waals surface area contributed by atoms with Gasteiger partial charge in [0.25, 0.3) is 0 Å². The first-order chi connectivity index (χ1) is 31.7. The van der Waals surface area contributed by atoms with Gasteiger partial charge in [0.15, 0.2) is 0 Å². The molecular formula is C60H40N2S2. The molecule has 0 unspecified atom stereocenters. The minimum absolute atomic E-state index is 1.10. The fraction of sp³-hybridized carbons (Fsp3) is 0. The smallest absolute Gasteiger partial charge is 0.0462 e. The quantitative estimate of drug-likeness (QED) is 0.143. The average Bonchev–Trinajstić information content (AvgIpc) is 3.95. The van der Waals surface area contributed by atoms with Gasteiger partial charge in [0.05, 0.1) is 0 Å². The Balaban J connectivity index is 0.835. The van der Waals surface area contributed by atoms with Gasteiger partial charge in [-0.2, -0.15) is 0 Å². The summed E-state index contributed by atoms with van der Waals surface area (Å²) in [6.45, 7) is 0. The maximum atomic E-state index is 2.34. The maximum Gasteiger partial charge on any atom is 0.0462 e. The highest BCUT2D eigenvalue weighted by atomic mass is 32.1. The molecule has 12 rings (SSSR count). The molecule has 0 saturated heterocycles. The second-order valence-electron chi connectivity index (χ2n) is 16.1. The van der Waals surface area contributed by atoms with Crippen molar-refractivity contribution < 1.29 is 0 Å². The van der Waals surface area contributed by atoms with E-state index in [0.29, 0.717) is 0 Å². The zero-order chi connectivity index (χ0) is 42.4. The van der Waals surface area contributed by atoms with Crippen LogP contribution in [-0.4, -0.2) is 0 Å². The summed E-state index contributed by atoms with van der Waals surface area (Å²) in [5.41, 5.74) is 14.0. The summed E-state index contributed by atoms with van der Waals surface area (Å²) in [5.74, 6) is 0. The van der Waals surface area contributed by atoms with Crippen LogP contribution in [-0.2, 0) is 0 Å². The molecule has 10 aromatic carbocycles. The number of para-hydroxylation sites is 2. The van der Waals surface area contributed by atoms with Gasteiger partial charge in [0.1, 0.15) is 0 Å². The van der Waals surface area contributed by atoms with E-state index in [1.54, 1.807) is 0 Å². The minimum atomic E-state index is 1.10. The Kier molecular flexibility index (Phi) is 9.59. The predicted molar refractivity (Wildman–Crippen MR) is 278 cm³/mol. The molecule has 12 aromatic rings. The third-order valence-electron chi connectivity index (χ3n) is 12.3. The Morgan fingerprint density at radius 2 is 0.516 bits per heavy atom. The number of benzene rings is 10. The highest BCUT2D eigenvalue weighted by Crippen LogP contribution is 2.44. The van der Waals surface area contributed by atoms with Crippen LogP contribution in [0.5, 0.6) is 0 Å². The highest BCUT2D eigenvalue weighted by Gasteiger charge is 2.17. The van der Waals surface area contributed by atoms with Crippen LogP contribution in [0.25, 0.3) is 73.7 Å². The summed E-state index contributed by atoms with van der Waals surface area (Å²) in [4.78, 5) is 4.67. The summed E-state index contributed by atoms with van der Waals surface area (Å²) >= 11 is 3.75. The second-order valence-corrected chi connectivity index (χ2v) is 18.2. The predicted octanol–water partition coefficient (Wildman–Crippen LogP) is 18.4. The third kappa shape index (κ3) is 6.81. The zero-order valence-corrected chi connectivity index (χ0v) is 36.4. The van der Waals surface area contributed by atoms with Crippen LogP contribution < -0.4 is 9.80 Å². The molecule has 0 fully saturated rings. The lowest BCUT2D eigenvalue weighted by Gasteiger charge is -2.26. The molecule has 0 amide bonds. The van der Waals surface area contributed by atoms with Gasteiger partial charge < -0.3 is 9.80 Å². The normalized spacial score (nSPS) is 11.4. The van der Waals surface area contributed by atoms with Crippen LogP contribution in [0.4, 0.5) is 34.1 Å². The van der Waals surface area contributed by atoms with E-state index in [1.807, 2.05) is 22.7 Å². The summed E-state index contributed by atoms with van der Waals surface area (Å²) in [5, 5.41) is 5.28. The lowest BCUT2D eigenvalue weighted by molar-refractivity contribution is 1.28. The van der Waals surface area contributed by atoms with E-state index in [4.69, 9.17) is 0 Å². The standard InChI is InChI=1S/C60H40N2S2/c1-3-13-45(14-4-1)61(49-37-29-43(30-38-49)51-19-11-21-55-53-17-7-9-23-57(53)63-59(51)55)47-33-25-41(26-34-47)42-27-35-48(36-28-42)62(46-15-5-2-6-16-46)50-39-31-44(32-40-50)52-20-12-22-56-54-18-8-10-24-58(54)64-60(52)56/h1-40H. The molecule has 2 nitrogen and oxygen atoms in total. The average molecular weight is 853 g/mol. The number of nitrogens with zero attached hydrogens (tertiary/aromatic N) is 2. The fourth-order valence-electron chi connectivity index (χ4n) is 9.18. The second kappa shape index (κ2) is 16.2. The molecule has 0 aliphatic carbocycles. The molecule has 0 bridgehead atoms. The molecule has 0 aliphatic rings. The van der Waals surface area contributed by atoms with Crippen LogP contribution in [0.3, 0.4) is 0 Å². The van der Waals surface area contributed by atoms with Crippen LogP contribution in [0, 0.1) is 0 Å². The maximum absolute atomic E-state index is 2.34. The number of hydrogen-bond acceptors (Lipinski definition) is 4. The number of rotatable bonds is 9. The summed E-state index contributed by atoms with van der Waals surface area (Å²) in [7, 11) is 0. The van der Waals surface area contributed by atoms with Gasteiger partial charge >= 0.3 is 0 Å². The molecule has 0 atom stereocenters. The molecule has 64 heavy (non-hydrogen) atoms. The Labute approximate surface area is 380 Å². The van der Waals surface area contributed by atoms with Crippen molar-refractivity contribution in [1.29, 1.82) is 0 Å². The first kappa shape index (κ1) is 38.0. The molecule has 4 heteroatoms. The Morgan fingerprint density at radius 1 is 0.219 bits per heavy atom. The van der Waals surface area contributed by atoms with E-state index in [1.165, 1.54) is 73.7 Å². The van der Waals surface area contributed by atoms with Crippen LogP contribution in [0.1, 0.15) is 0 Å². The van der Waals surface area contributed by atoms with Gasteiger partial charge in [-0.25, -0.2) is 0 Å². The molecule has 0 spiro atoms. The largest absolute Gasteiger partial charge is 0.311 e. The summed E-state index contributed by atoms with van der Waals surface area (Å²) in [6, 6.07) is 88.0. The summed E-state index contributed by atoms with van der Waals surface area (Å²) < 4.78 is 5.31. The van der Waals surface area contributed by atoms with E-state index in [2.05, 4.69) is 252 Å². The SMILES string of the molecule is c1ccc(N(c2ccc(-c3ccc(N(c4ccccc4)c4ccc(-c5cccc6c5sc5ccccc56)cc4)cc3)cc2)c2ccc(-c3cccc4c3sc3ccccc34)cc2)cc1. The minimum Gasteiger partial charge on any atom is -0.311 e. The molecule has 0 saturated carbocycles. The molecule has 302 valence electrons. The monoisotopic (exact) mass is 852 g/mol. The van der Waals surface area contributed by atoms with E-state index in [-0.39, 0.29) is 0 Å². The first-order valence-electron chi connectivity index (χ1n) is 21.7. The van der Waals surface area contributed by atoms with Crippen LogP contribution in [0.2, 0.25) is 0 Å². The van der Waals surface area contributed by atoms with Crippen molar-refractivity contribution in [2.45, 2.75) is 0 Å². The van der Waals surface area contributed by atoms with Crippen molar-refractivity contribution in [3.63, 3.8) is 0 Å². The van der Waals surface area contributed by atoms with E-state index in [9.17, 15) is 0 Å². The third-order valence-corrected chi connectivity index (χ3v) is 14.7. The van der Waals surface area contributed by atoms with Gasteiger partial charge in [-0.15, -0.1) is 22.7 Å². The molecular weight excluding hydrogens is 813 g/mol. The molecule has 0 radical (unpaired) electrons. The van der Waals surface area contributed by atoms with Crippen molar-refractivity contribution in [3.8, 4) is 33.4 Å². The van der Waals surface area contributed by atoms with Crippen molar-refractivity contribution in [2.75, 3.05) is 9.80 Å². The van der Waals surface area contributed by atoms with Crippen LogP contribution in [0.15, 0.2) is 243 Å². The van der Waals surface area contributed by atoms with Gasteiger partial charge in [-0.05, 0) is 118 Å². The molecule has 0 aliphatic heterocycles. The number of anilines is 6. The number of hydrogen-bond donors (Lipinski definition) is 0.